The molecule has 0 aliphatic carbocycles. The Morgan fingerprint density at radius 1 is 1.33 bits per heavy atom. The molecule has 0 heterocycles. The van der Waals surface area contributed by atoms with Gasteiger partial charge in [0.05, 0.1) is 0 Å². The number of allylic oxidation sites excluding steroid dienone is 7. The molecule has 0 radical (unpaired) electrons. The summed E-state index contributed by atoms with van der Waals surface area (Å²) < 4.78 is 0.862. The second-order valence-electron chi connectivity index (χ2n) is 2.24. The Bertz CT molecular complexity index is 231. The van der Waals surface area contributed by atoms with Crippen molar-refractivity contribution in [1.82, 2.24) is 0 Å². The summed E-state index contributed by atoms with van der Waals surface area (Å²) in [4.78, 5) is 0. The second kappa shape index (κ2) is 6.86. The number of hydrogen-bond acceptors (Lipinski definition) is 0. The maximum atomic E-state index is 3.69. The van der Waals surface area contributed by atoms with Crippen LogP contribution in [0, 0.1) is 0 Å². The largest absolute Gasteiger partial charge is 0.103 e. The normalized spacial score (nSPS) is 11.6. The third kappa shape index (κ3) is 5.93. The molecule has 0 fully saturated rings. The maximum Gasteiger partial charge on any atom is 0.0103 e. The molecule has 0 saturated carbocycles. The average molecular weight is 225 g/mol. The van der Waals surface area contributed by atoms with Crippen molar-refractivity contribution in [1.29, 1.82) is 0 Å². The Labute approximate surface area is 82.8 Å². The van der Waals surface area contributed by atoms with Gasteiger partial charge in [-0.15, -0.1) is 6.58 Å². The fraction of sp³-hybridized carbons (Fsp3) is 0.0909. The van der Waals surface area contributed by atoms with E-state index in [2.05, 4.69) is 35.7 Å². The van der Waals surface area contributed by atoms with E-state index in [-0.39, 0.29) is 0 Å². The van der Waals surface area contributed by atoms with E-state index in [1.165, 1.54) is 0 Å². The van der Waals surface area contributed by atoms with Crippen LogP contribution >= 0.6 is 15.9 Å². The van der Waals surface area contributed by atoms with E-state index >= 15 is 0 Å². The maximum absolute atomic E-state index is 3.69. The molecule has 0 spiro atoms. The van der Waals surface area contributed by atoms with Crippen LogP contribution < -0.4 is 0 Å². The predicted molar refractivity (Wildman–Crippen MR) is 60.3 cm³/mol. The van der Waals surface area contributed by atoms with Crippen molar-refractivity contribution in [2.75, 3.05) is 0 Å². The Balaban J connectivity index is 4.19. The fourth-order valence-corrected chi connectivity index (χ4v) is 0.815. The van der Waals surface area contributed by atoms with E-state index < -0.39 is 0 Å². The second-order valence-corrected chi connectivity index (χ2v) is 3.26. The van der Waals surface area contributed by atoms with Gasteiger partial charge in [0.1, 0.15) is 0 Å². The highest BCUT2D eigenvalue weighted by Crippen LogP contribution is 2.06. The molecule has 12 heavy (non-hydrogen) atoms. The minimum atomic E-state index is 0.850. The van der Waals surface area contributed by atoms with Crippen molar-refractivity contribution in [3.8, 4) is 0 Å². The van der Waals surface area contributed by atoms with Gasteiger partial charge >= 0.3 is 0 Å². The summed E-state index contributed by atoms with van der Waals surface area (Å²) in [5.41, 5.74) is 1.15. The molecule has 64 valence electrons. The van der Waals surface area contributed by atoms with Crippen molar-refractivity contribution in [3.63, 3.8) is 0 Å². The first-order chi connectivity index (χ1) is 5.70. The molecule has 0 aromatic rings. The zero-order chi connectivity index (χ0) is 9.40. The van der Waals surface area contributed by atoms with E-state index in [0.717, 1.165) is 16.5 Å². The van der Waals surface area contributed by atoms with Gasteiger partial charge in [0.2, 0.25) is 0 Å². The molecule has 0 unspecified atom stereocenters. The molecule has 0 aromatic carbocycles. The molecule has 0 aliphatic rings. The molecule has 0 atom stereocenters. The molecule has 0 aliphatic heterocycles. The van der Waals surface area contributed by atoms with E-state index in [0.29, 0.717) is 0 Å². The predicted octanol–water partition coefficient (Wildman–Crippen LogP) is 4.14. The standard InChI is InChI=1S/C11H13Br/c1-4-7-11(5-2)9-6-8-10(3)12/h4-6,8-9H,1-3,7H2/b8-6-,11-9-. The molecule has 0 bridgehead atoms. The van der Waals surface area contributed by atoms with E-state index in [1.807, 2.05) is 30.4 Å². The highest BCUT2D eigenvalue weighted by Gasteiger charge is 1.83. The third-order valence-corrected chi connectivity index (χ3v) is 1.49. The highest BCUT2D eigenvalue weighted by atomic mass is 79.9. The summed E-state index contributed by atoms with van der Waals surface area (Å²) in [6, 6.07) is 0. The molecule has 0 amide bonds. The topological polar surface area (TPSA) is 0 Å². The zero-order valence-electron chi connectivity index (χ0n) is 7.09. The van der Waals surface area contributed by atoms with E-state index in [9.17, 15) is 0 Å². The van der Waals surface area contributed by atoms with Crippen molar-refractivity contribution in [3.05, 3.63) is 60.2 Å². The van der Waals surface area contributed by atoms with Crippen LogP contribution in [-0.4, -0.2) is 0 Å². The minimum Gasteiger partial charge on any atom is -0.103 e. The van der Waals surface area contributed by atoms with Gasteiger partial charge in [0.25, 0.3) is 0 Å². The van der Waals surface area contributed by atoms with Gasteiger partial charge in [0.15, 0.2) is 0 Å². The van der Waals surface area contributed by atoms with Gasteiger partial charge in [-0.2, -0.15) is 0 Å². The first kappa shape index (κ1) is 11.2. The number of hydrogen-bond donors (Lipinski definition) is 0. The molecule has 0 aromatic heterocycles. The van der Waals surface area contributed by atoms with Crippen LogP contribution in [0.15, 0.2) is 60.2 Å². The van der Waals surface area contributed by atoms with Gasteiger partial charge in [-0.3, -0.25) is 0 Å². The van der Waals surface area contributed by atoms with Crippen LogP contribution in [0.3, 0.4) is 0 Å². The van der Waals surface area contributed by atoms with Gasteiger partial charge in [-0.25, -0.2) is 0 Å². The summed E-state index contributed by atoms with van der Waals surface area (Å²) in [5.74, 6) is 0. The van der Waals surface area contributed by atoms with Crippen LogP contribution in [0.25, 0.3) is 0 Å². The smallest absolute Gasteiger partial charge is 0.0103 e. The van der Waals surface area contributed by atoms with Gasteiger partial charge in [-0.05, 0) is 18.1 Å². The Morgan fingerprint density at radius 3 is 2.42 bits per heavy atom. The monoisotopic (exact) mass is 224 g/mol. The van der Waals surface area contributed by atoms with Crippen LogP contribution in [-0.2, 0) is 0 Å². The molecular formula is C11H13Br. The van der Waals surface area contributed by atoms with Crippen LogP contribution in [0.1, 0.15) is 6.42 Å². The SMILES string of the molecule is C=CC/C(C=C)=C\C=C/C(=C)Br. The van der Waals surface area contributed by atoms with Crippen LogP contribution in [0.2, 0.25) is 0 Å². The summed E-state index contributed by atoms with van der Waals surface area (Å²) in [5, 5.41) is 0. The minimum absolute atomic E-state index is 0.850. The molecule has 0 N–H and O–H groups in total. The molecule has 0 rings (SSSR count). The lowest BCUT2D eigenvalue weighted by atomic mass is 10.1. The van der Waals surface area contributed by atoms with Crippen molar-refractivity contribution < 1.29 is 0 Å². The van der Waals surface area contributed by atoms with Gasteiger partial charge < -0.3 is 0 Å². The van der Waals surface area contributed by atoms with Crippen molar-refractivity contribution in [2.45, 2.75) is 6.42 Å². The molecular weight excluding hydrogens is 212 g/mol. The molecule has 1 heteroatoms. The molecule has 0 saturated heterocycles. The summed E-state index contributed by atoms with van der Waals surface area (Å²) in [6.07, 6.45) is 10.3. The summed E-state index contributed by atoms with van der Waals surface area (Å²) in [6.45, 7) is 11.0. The third-order valence-electron chi connectivity index (χ3n) is 1.23. The van der Waals surface area contributed by atoms with E-state index in [1.54, 1.807) is 0 Å². The first-order valence-electron chi connectivity index (χ1n) is 3.65. The lowest BCUT2D eigenvalue weighted by Crippen LogP contribution is -1.71. The lowest BCUT2D eigenvalue weighted by molar-refractivity contribution is 1.30. The van der Waals surface area contributed by atoms with Crippen molar-refractivity contribution >= 4 is 15.9 Å². The highest BCUT2D eigenvalue weighted by molar-refractivity contribution is 9.11. The van der Waals surface area contributed by atoms with Gasteiger partial charge in [0, 0.05) is 4.48 Å². The van der Waals surface area contributed by atoms with Crippen LogP contribution in [0.4, 0.5) is 0 Å². The van der Waals surface area contributed by atoms with E-state index in [4.69, 9.17) is 0 Å². The number of halogens is 1. The van der Waals surface area contributed by atoms with Crippen LogP contribution in [0.5, 0.6) is 0 Å². The Hall–Kier alpha value is -0.820. The Kier molecular flexibility index (Phi) is 6.39. The van der Waals surface area contributed by atoms with Crippen molar-refractivity contribution in [2.24, 2.45) is 0 Å². The average Bonchev–Trinajstić information content (AvgIpc) is 2.02. The first-order valence-corrected chi connectivity index (χ1v) is 4.45. The summed E-state index contributed by atoms with van der Waals surface area (Å²) >= 11 is 3.23. The van der Waals surface area contributed by atoms with Gasteiger partial charge in [-0.1, -0.05) is 53.4 Å². The Morgan fingerprint density at radius 2 is 2.00 bits per heavy atom. The fourth-order valence-electron chi connectivity index (χ4n) is 0.662. The zero-order valence-corrected chi connectivity index (χ0v) is 8.68. The molecule has 0 nitrogen and oxygen atoms in total. The number of rotatable bonds is 5. The lowest BCUT2D eigenvalue weighted by Gasteiger charge is -1.92. The summed E-state index contributed by atoms with van der Waals surface area (Å²) in [7, 11) is 0. The quantitative estimate of drug-likeness (QED) is 0.487.